The summed E-state index contributed by atoms with van der Waals surface area (Å²) in [6.45, 7) is 2.59. The van der Waals surface area contributed by atoms with Crippen LogP contribution in [0.15, 0.2) is 35.5 Å². The zero-order valence-corrected chi connectivity index (χ0v) is 12.3. The van der Waals surface area contributed by atoms with Crippen LogP contribution in [0.2, 0.25) is 0 Å². The average molecular weight is 291 g/mol. The largest absolute Gasteiger partial charge is 0.409 e. The van der Waals surface area contributed by atoms with Crippen LogP contribution in [0.4, 0.5) is 0 Å². The predicted molar refractivity (Wildman–Crippen MR) is 79.2 cm³/mol. The molecule has 0 spiro atoms. The third kappa shape index (κ3) is 3.16. The van der Waals surface area contributed by atoms with Crippen molar-refractivity contribution in [1.29, 1.82) is 0 Å². The molecule has 114 valence electrons. The second-order valence-electron chi connectivity index (χ2n) is 5.25. The molecule has 1 saturated heterocycles. The summed E-state index contributed by atoms with van der Waals surface area (Å²) in [5.41, 5.74) is 6.45. The van der Waals surface area contributed by atoms with Crippen LogP contribution in [0.5, 0.6) is 0 Å². The smallest absolute Gasteiger partial charge is 0.237 e. The Morgan fingerprint density at radius 2 is 2.14 bits per heavy atom. The highest BCUT2D eigenvalue weighted by Gasteiger charge is 2.35. The first-order valence-electron chi connectivity index (χ1n) is 6.97. The van der Waals surface area contributed by atoms with Gasteiger partial charge in [-0.05, 0) is 18.9 Å². The molecule has 1 amide bonds. The Morgan fingerprint density at radius 3 is 2.67 bits per heavy atom. The van der Waals surface area contributed by atoms with Gasteiger partial charge in [0.1, 0.15) is 5.92 Å². The monoisotopic (exact) mass is 291 g/mol. The Kier molecular flexibility index (Phi) is 4.80. The van der Waals surface area contributed by atoms with Crippen LogP contribution in [0, 0.1) is 0 Å². The fourth-order valence-electron chi connectivity index (χ4n) is 2.74. The van der Waals surface area contributed by atoms with Crippen molar-refractivity contribution in [2.75, 3.05) is 13.7 Å². The van der Waals surface area contributed by atoms with Gasteiger partial charge in [0.2, 0.25) is 5.91 Å². The summed E-state index contributed by atoms with van der Waals surface area (Å²) in [5.74, 6) is -1.09. The molecule has 1 aliphatic rings. The molecule has 2 rings (SSSR count). The van der Waals surface area contributed by atoms with Gasteiger partial charge in [-0.1, -0.05) is 35.5 Å². The van der Waals surface area contributed by atoms with Gasteiger partial charge >= 0.3 is 0 Å². The maximum atomic E-state index is 12.8. The lowest BCUT2D eigenvalue weighted by atomic mass is 9.95. The number of likely N-dealkylation sites (N-methyl/N-ethyl adjacent to an activating group) is 1. The number of oxime groups is 1. The van der Waals surface area contributed by atoms with Crippen molar-refractivity contribution >= 4 is 11.7 Å². The molecule has 3 N–H and O–H groups in total. The van der Waals surface area contributed by atoms with E-state index in [0.717, 1.165) is 6.42 Å². The highest BCUT2D eigenvalue weighted by molar-refractivity contribution is 6.07. The van der Waals surface area contributed by atoms with Crippen molar-refractivity contribution in [3.63, 3.8) is 0 Å². The molecule has 1 fully saturated rings. The first-order valence-corrected chi connectivity index (χ1v) is 6.97. The predicted octanol–water partition coefficient (Wildman–Crippen LogP) is 1.15. The lowest BCUT2D eigenvalue weighted by Crippen LogP contribution is -2.46. The van der Waals surface area contributed by atoms with Crippen molar-refractivity contribution < 1.29 is 14.7 Å². The summed E-state index contributed by atoms with van der Waals surface area (Å²) >= 11 is 0. The number of benzene rings is 1. The molecule has 0 saturated carbocycles. The van der Waals surface area contributed by atoms with Gasteiger partial charge in [-0.25, -0.2) is 0 Å². The molecule has 3 atom stereocenters. The van der Waals surface area contributed by atoms with Gasteiger partial charge in [0.05, 0.1) is 12.1 Å². The summed E-state index contributed by atoms with van der Waals surface area (Å²) in [7, 11) is 1.73. The summed E-state index contributed by atoms with van der Waals surface area (Å²) < 4.78 is 5.50. The summed E-state index contributed by atoms with van der Waals surface area (Å²) in [4.78, 5) is 14.4. The molecule has 0 radical (unpaired) electrons. The van der Waals surface area contributed by atoms with Gasteiger partial charge < -0.3 is 20.6 Å². The quantitative estimate of drug-likeness (QED) is 0.377. The fraction of sp³-hybridized carbons (Fsp3) is 0.467. The maximum Gasteiger partial charge on any atom is 0.237 e. The zero-order valence-electron chi connectivity index (χ0n) is 12.3. The van der Waals surface area contributed by atoms with E-state index in [1.54, 1.807) is 24.1 Å². The number of amides is 1. The van der Waals surface area contributed by atoms with Crippen LogP contribution in [-0.2, 0) is 9.53 Å². The highest BCUT2D eigenvalue weighted by atomic mass is 16.5. The first kappa shape index (κ1) is 15.3. The number of nitrogens with two attached hydrogens (primary N) is 1. The molecule has 1 aliphatic heterocycles. The van der Waals surface area contributed by atoms with Gasteiger partial charge in [-0.3, -0.25) is 4.79 Å². The average Bonchev–Trinajstić information content (AvgIpc) is 2.93. The zero-order chi connectivity index (χ0) is 15.4. The van der Waals surface area contributed by atoms with Crippen LogP contribution >= 0.6 is 0 Å². The Hall–Kier alpha value is -2.08. The van der Waals surface area contributed by atoms with E-state index < -0.39 is 5.92 Å². The Bertz CT molecular complexity index is 518. The molecular weight excluding hydrogens is 270 g/mol. The van der Waals surface area contributed by atoms with Crippen molar-refractivity contribution in [3.8, 4) is 0 Å². The first-order chi connectivity index (χ1) is 10.1. The third-order valence-electron chi connectivity index (χ3n) is 3.97. The van der Waals surface area contributed by atoms with Gasteiger partial charge in [-0.15, -0.1) is 0 Å². The Balaban J connectivity index is 2.27. The molecule has 1 aromatic carbocycles. The van der Waals surface area contributed by atoms with Gasteiger partial charge in [0.15, 0.2) is 5.84 Å². The molecule has 0 bridgehead atoms. The fourth-order valence-corrected chi connectivity index (χ4v) is 2.74. The molecule has 0 aromatic heterocycles. The van der Waals surface area contributed by atoms with E-state index in [2.05, 4.69) is 5.16 Å². The molecule has 1 aromatic rings. The second-order valence-corrected chi connectivity index (χ2v) is 5.25. The number of nitrogens with zero attached hydrogens (tertiary/aromatic N) is 2. The van der Waals surface area contributed by atoms with E-state index in [-0.39, 0.29) is 23.9 Å². The molecule has 6 nitrogen and oxygen atoms in total. The van der Waals surface area contributed by atoms with E-state index in [0.29, 0.717) is 12.2 Å². The lowest BCUT2D eigenvalue weighted by molar-refractivity contribution is -0.133. The van der Waals surface area contributed by atoms with Crippen LogP contribution in [0.25, 0.3) is 0 Å². The standard InChI is InChI=1S/C15H21N3O3/c1-10-12(8-9-21-10)18(2)15(19)13(14(16)17-20)11-6-4-3-5-7-11/h3-7,10,12-13,20H,8-9H2,1-2H3,(H2,16,17). The van der Waals surface area contributed by atoms with Crippen LogP contribution in [0.3, 0.4) is 0 Å². The number of carbonyl (C=O) groups excluding carboxylic acids is 1. The minimum Gasteiger partial charge on any atom is -0.409 e. The van der Waals surface area contributed by atoms with Gasteiger partial charge in [0, 0.05) is 13.7 Å². The molecule has 1 heterocycles. The number of carbonyl (C=O) groups is 1. The number of rotatable bonds is 4. The number of hydrogen-bond acceptors (Lipinski definition) is 4. The minimum absolute atomic E-state index is 0.00945. The van der Waals surface area contributed by atoms with Crippen LogP contribution in [-0.4, -0.2) is 47.7 Å². The van der Waals surface area contributed by atoms with E-state index >= 15 is 0 Å². The molecule has 0 aliphatic carbocycles. The van der Waals surface area contributed by atoms with Crippen LogP contribution < -0.4 is 5.73 Å². The number of ether oxygens (including phenoxy) is 1. The summed E-state index contributed by atoms with van der Waals surface area (Å²) in [6.07, 6.45) is 0.781. The maximum absolute atomic E-state index is 12.8. The lowest BCUT2D eigenvalue weighted by Gasteiger charge is -2.30. The van der Waals surface area contributed by atoms with E-state index in [1.165, 1.54) is 0 Å². The van der Waals surface area contributed by atoms with E-state index in [1.807, 2.05) is 25.1 Å². The number of hydrogen-bond donors (Lipinski definition) is 2. The normalized spacial score (nSPS) is 23.8. The van der Waals surface area contributed by atoms with E-state index in [4.69, 9.17) is 15.7 Å². The number of amidine groups is 1. The molecule has 6 heteroatoms. The molecule has 3 unspecified atom stereocenters. The van der Waals surface area contributed by atoms with Crippen molar-refractivity contribution in [2.45, 2.75) is 31.4 Å². The van der Waals surface area contributed by atoms with Crippen molar-refractivity contribution in [3.05, 3.63) is 35.9 Å². The highest BCUT2D eigenvalue weighted by Crippen LogP contribution is 2.24. The van der Waals surface area contributed by atoms with Gasteiger partial charge in [0.25, 0.3) is 0 Å². The summed E-state index contributed by atoms with van der Waals surface area (Å²) in [6, 6.07) is 9.10. The van der Waals surface area contributed by atoms with Crippen molar-refractivity contribution in [2.24, 2.45) is 10.9 Å². The molecule has 21 heavy (non-hydrogen) atoms. The van der Waals surface area contributed by atoms with Crippen molar-refractivity contribution in [1.82, 2.24) is 4.90 Å². The van der Waals surface area contributed by atoms with Crippen LogP contribution in [0.1, 0.15) is 24.8 Å². The minimum atomic E-state index is -0.783. The SMILES string of the molecule is CC1OCCC1N(C)C(=O)C(/C(N)=N/O)c1ccccc1. The Morgan fingerprint density at radius 1 is 1.48 bits per heavy atom. The topological polar surface area (TPSA) is 88.2 Å². The molecular formula is C15H21N3O3. The summed E-state index contributed by atoms with van der Waals surface area (Å²) in [5, 5.41) is 12.0. The van der Waals surface area contributed by atoms with E-state index in [9.17, 15) is 4.79 Å². The Labute approximate surface area is 124 Å². The van der Waals surface area contributed by atoms with Gasteiger partial charge in [-0.2, -0.15) is 0 Å². The second kappa shape index (κ2) is 6.58. The third-order valence-corrected chi connectivity index (χ3v) is 3.97.